The van der Waals surface area contributed by atoms with Crippen molar-refractivity contribution >= 4 is 17.6 Å². The summed E-state index contributed by atoms with van der Waals surface area (Å²) in [4.78, 5) is 25.1. The molecule has 0 aliphatic carbocycles. The maximum atomic E-state index is 12.1. The molecule has 3 amide bonds. The first-order chi connectivity index (χ1) is 11.0. The number of aromatic nitrogens is 2. The highest BCUT2D eigenvalue weighted by atomic mass is 16.2. The van der Waals surface area contributed by atoms with Crippen LogP contribution in [-0.4, -0.2) is 47.7 Å². The summed E-state index contributed by atoms with van der Waals surface area (Å²) in [6, 6.07) is 9.07. The Labute approximate surface area is 135 Å². The van der Waals surface area contributed by atoms with Gasteiger partial charge in [0.1, 0.15) is 0 Å². The van der Waals surface area contributed by atoms with Gasteiger partial charge in [-0.15, -0.1) is 0 Å². The van der Waals surface area contributed by atoms with Gasteiger partial charge >= 0.3 is 6.03 Å². The van der Waals surface area contributed by atoms with Gasteiger partial charge in [0.25, 0.3) is 0 Å². The van der Waals surface area contributed by atoms with Gasteiger partial charge in [0.2, 0.25) is 5.91 Å². The number of nitrogens with zero attached hydrogens (tertiary/aromatic N) is 2. The van der Waals surface area contributed by atoms with Gasteiger partial charge in [-0.25, -0.2) is 4.79 Å². The van der Waals surface area contributed by atoms with E-state index in [1.165, 1.54) is 4.90 Å². The molecular formula is C16H21N5O2. The summed E-state index contributed by atoms with van der Waals surface area (Å²) < 4.78 is 0. The highest BCUT2D eigenvalue weighted by Crippen LogP contribution is 2.19. The number of urea groups is 1. The number of carbonyl (C=O) groups is 2. The molecule has 1 atom stereocenters. The Morgan fingerprint density at radius 1 is 1.26 bits per heavy atom. The molecule has 0 fully saturated rings. The van der Waals surface area contributed by atoms with E-state index in [-0.39, 0.29) is 17.9 Å². The Morgan fingerprint density at radius 2 is 1.96 bits per heavy atom. The van der Waals surface area contributed by atoms with E-state index in [4.69, 9.17) is 0 Å². The van der Waals surface area contributed by atoms with Gasteiger partial charge in [0.05, 0.1) is 11.6 Å². The molecule has 1 aromatic heterocycles. The molecule has 0 radical (unpaired) electrons. The minimum atomic E-state index is -0.265. The molecule has 122 valence electrons. The number of hydrogen-bond acceptors (Lipinski definition) is 3. The summed E-state index contributed by atoms with van der Waals surface area (Å²) in [5.41, 5.74) is 2.60. The molecule has 0 saturated heterocycles. The number of carbonyl (C=O) groups excluding carboxylic acids is 2. The topological polar surface area (TPSA) is 90.1 Å². The quantitative estimate of drug-likeness (QED) is 0.787. The molecule has 0 saturated carbocycles. The number of anilines is 1. The van der Waals surface area contributed by atoms with Crippen LogP contribution >= 0.6 is 0 Å². The van der Waals surface area contributed by atoms with Gasteiger partial charge < -0.3 is 15.5 Å². The number of hydrogen-bond donors (Lipinski definition) is 3. The minimum Gasteiger partial charge on any atom is -0.359 e. The zero-order valence-electron chi connectivity index (χ0n) is 13.5. The fourth-order valence-corrected chi connectivity index (χ4v) is 2.19. The van der Waals surface area contributed by atoms with Crippen LogP contribution in [0, 0.1) is 5.92 Å². The van der Waals surface area contributed by atoms with Crippen molar-refractivity contribution < 1.29 is 9.59 Å². The van der Waals surface area contributed by atoms with Crippen molar-refractivity contribution in [1.29, 1.82) is 0 Å². The van der Waals surface area contributed by atoms with Crippen LogP contribution in [0.25, 0.3) is 11.3 Å². The van der Waals surface area contributed by atoms with Crippen LogP contribution in [0.5, 0.6) is 0 Å². The lowest BCUT2D eigenvalue weighted by Crippen LogP contribution is -2.39. The summed E-state index contributed by atoms with van der Waals surface area (Å²) in [6.45, 7) is 2.12. The third kappa shape index (κ3) is 4.32. The number of rotatable bonds is 5. The highest BCUT2D eigenvalue weighted by Gasteiger charge is 2.17. The number of aromatic amines is 1. The molecule has 0 aliphatic rings. The molecule has 7 nitrogen and oxygen atoms in total. The Bertz CT molecular complexity index is 652. The van der Waals surface area contributed by atoms with Crippen LogP contribution < -0.4 is 10.6 Å². The van der Waals surface area contributed by atoms with E-state index in [0.717, 1.165) is 11.3 Å². The van der Waals surface area contributed by atoms with Crippen molar-refractivity contribution in [2.45, 2.75) is 6.92 Å². The first-order valence-corrected chi connectivity index (χ1v) is 7.34. The van der Waals surface area contributed by atoms with Gasteiger partial charge in [0.15, 0.2) is 0 Å². The molecule has 1 heterocycles. The summed E-state index contributed by atoms with van der Waals surface area (Å²) >= 11 is 0. The van der Waals surface area contributed by atoms with Crippen LogP contribution in [0.2, 0.25) is 0 Å². The van der Waals surface area contributed by atoms with Gasteiger partial charge in [-0.05, 0) is 23.8 Å². The Morgan fingerprint density at radius 3 is 2.52 bits per heavy atom. The largest absolute Gasteiger partial charge is 0.359 e. The Hall–Kier alpha value is -2.83. The molecule has 3 N–H and O–H groups in total. The lowest BCUT2D eigenvalue weighted by molar-refractivity contribution is -0.124. The molecule has 2 rings (SSSR count). The first kappa shape index (κ1) is 16.5. The zero-order valence-corrected chi connectivity index (χ0v) is 13.5. The van der Waals surface area contributed by atoms with Gasteiger partial charge in [-0.3, -0.25) is 9.89 Å². The molecule has 0 unspecified atom stereocenters. The number of nitrogens with one attached hydrogen (secondary N) is 3. The van der Waals surface area contributed by atoms with Gasteiger partial charge in [-0.1, -0.05) is 19.1 Å². The molecule has 0 aliphatic heterocycles. The van der Waals surface area contributed by atoms with E-state index in [1.807, 2.05) is 30.3 Å². The third-order valence-electron chi connectivity index (χ3n) is 3.54. The highest BCUT2D eigenvalue weighted by molar-refractivity contribution is 5.90. The van der Waals surface area contributed by atoms with Crippen molar-refractivity contribution in [3.05, 3.63) is 36.5 Å². The smallest absolute Gasteiger partial charge is 0.321 e. The number of benzene rings is 1. The number of amides is 3. The SMILES string of the molecule is CNC(=O)[C@@H](C)CN(C)C(=O)Nc1ccc(-c2ccn[nH]2)cc1. The van der Waals surface area contributed by atoms with Crippen LogP contribution in [-0.2, 0) is 4.79 Å². The second-order valence-electron chi connectivity index (χ2n) is 5.37. The maximum Gasteiger partial charge on any atom is 0.321 e. The average molecular weight is 315 g/mol. The summed E-state index contributed by atoms with van der Waals surface area (Å²) in [5.74, 6) is -0.355. The van der Waals surface area contributed by atoms with Crippen LogP contribution in [0.15, 0.2) is 36.5 Å². The van der Waals surface area contributed by atoms with Crippen molar-refractivity contribution in [3.8, 4) is 11.3 Å². The van der Waals surface area contributed by atoms with Crippen LogP contribution in [0.1, 0.15) is 6.92 Å². The molecule has 0 bridgehead atoms. The summed E-state index contributed by atoms with van der Waals surface area (Å²) in [5, 5.41) is 12.2. The molecule has 2 aromatic rings. The maximum absolute atomic E-state index is 12.1. The third-order valence-corrected chi connectivity index (χ3v) is 3.54. The molecule has 0 spiro atoms. The lowest BCUT2D eigenvalue weighted by atomic mass is 10.1. The molecular weight excluding hydrogens is 294 g/mol. The zero-order chi connectivity index (χ0) is 16.8. The summed E-state index contributed by atoms with van der Waals surface area (Å²) in [7, 11) is 3.24. The van der Waals surface area contributed by atoms with E-state index >= 15 is 0 Å². The van der Waals surface area contributed by atoms with Crippen molar-refractivity contribution in [2.24, 2.45) is 5.92 Å². The van der Waals surface area contributed by atoms with Crippen molar-refractivity contribution in [1.82, 2.24) is 20.4 Å². The lowest BCUT2D eigenvalue weighted by Gasteiger charge is -2.21. The van der Waals surface area contributed by atoms with Gasteiger partial charge in [0, 0.05) is 32.5 Å². The fraction of sp³-hybridized carbons (Fsp3) is 0.312. The predicted molar refractivity (Wildman–Crippen MR) is 88.9 cm³/mol. The standard InChI is InChI=1S/C16H21N5O2/c1-11(15(22)17-2)10-21(3)16(23)19-13-6-4-12(5-7-13)14-8-9-18-20-14/h4-9,11H,10H2,1-3H3,(H,17,22)(H,18,20)(H,19,23)/t11-/m0/s1. The van der Waals surface area contributed by atoms with E-state index in [2.05, 4.69) is 20.8 Å². The number of H-pyrrole nitrogens is 1. The van der Waals surface area contributed by atoms with Gasteiger partial charge in [-0.2, -0.15) is 5.10 Å². The second kappa shape index (κ2) is 7.44. The minimum absolute atomic E-state index is 0.0893. The molecule has 1 aromatic carbocycles. The summed E-state index contributed by atoms with van der Waals surface area (Å²) in [6.07, 6.45) is 1.69. The molecule has 7 heteroatoms. The van der Waals surface area contributed by atoms with E-state index in [0.29, 0.717) is 12.2 Å². The average Bonchev–Trinajstić information content (AvgIpc) is 3.09. The van der Waals surface area contributed by atoms with Crippen LogP contribution in [0.4, 0.5) is 10.5 Å². The van der Waals surface area contributed by atoms with E-state index in [9.17, 15) is 9.59 Å². The first-order valence-electron chi connectivity index (χ1n) is 7.34. The van der Waals surface area contributed by atoms with E-state index < -0.39 is 0 Å². The van der Waals surface area contributed by atoms with Crippen molar-refractivity contribution in [2.75, 3.05) is 26.0 Å². The fourth-order valence-electron chi connectivity index (χ4n) is 2.19. The monoisotopic (exact) mass is 315 g/mol. The molecule has 23 heavy (non-hydrogen) atoms. The van der Waals surface area contributed by atoms with Crippen LogP contribution in [0.3, 0.4) is 0 Å². The Balaban J connectivity index is 1.93. The normalized spacial score (nSPS) is 11.6. The van der Waals surface area contributed by atoms with Crippen molar-refractivity contribution in [3.63, 3.8) is 0 Å². The Kier molecular flexibility index (Phi) is 5.35. The van der Waals surface area contributed by atoms with E-state index in [1.54, 1.807) is 27.2 Å². The second-order valence-corrected chi connectivity index (χ2v) is 5.37. The predicted octanol–water partition coefficient (Wildman–Crippen LogP) is 1.92.